The molecule has 2 heterocycles. The molecule has 0 saturated heterocycles. The summed E-state index contributed by atoms with van der Waals surface area (Å²) in [7, 11) is 0. The first-order chi connectivity index (χ1) is 25.1. The van der Waals surface area contributed by atoms with Crippen molar-refractivity contribution < 1.29 is 38.5 Å². The Kier molecular flexibility index (Phi) is 11.9. The zero-order chi connectivity index (χ0) is 36.8. The third-order valence-corrected chi connectivity index (χ3v) is 9.76. The van der Waals surface area contributed by atoms with Crippen LogP contribution in [0, 0.1) is 0 Å². The van der Waals surface area contributed by atoms with E-state index in [9.17, 15) is 24.3 Å². The first kappa shape index (κ1) is 37.0. The van der Waals surface area contributed by atoms with Crippen LogP contribution < -0.4 is 19.5 Å². The number of nitrogens with one attached hydrogen (secondary N) is 1. The Labute approximate surface area is 314 Å². The number of fused-ring (bicyclic) bond motifs is 2. The van der Waals surface area contributed by atoms with Crippen molar-refractivity contribution in [3.63, 3.8) is 0 Å². The molecule has 0 radical (unpaired) electrons. The smallest absolute Gasteiger partial charge is 0.261 e. The first-order valence-electron chi connectivity index (χ1n) is 16.5. The maximum absolute atomic E-state index is 13.9. The molecule has 6 rings (SSSR count). The first-order valence-corrected chi connectivity index (χ1v) is 17.6. The highest BCUT2D eigenvalue weighted by Gasteiger charge is 2.36. The quantitative estimate of drug-likeness (QED) is 0.118. The number of aliphatic hydroxyl groups is 1. The predicted octanol–water partition coefficient (Wildman–Crippen LogP) is 5.60. The van der Waals surface area contributed by atoms with E-state index in [1.165, 1.54) is 17.0 Å². The fourth-order valence-electron chi connectivity index (χ4n) is 6.00. The highest BCUT2D eigenvalue weighted by molar-refractivity contribution is 6.43. The van der Waals surface area contributed by atoms with Crippen molar-refractivity contribution in [2.24, 2.45) is 0 Å². The predicted molar refractivity (Wildman–Crippen MR) is 194 cm³/mol. The summed E-state index contributed by atoms with van der Waals surface area (Å²) in [6.07, 6.45) is -0.776. The van der Waals surface area contributed by atoms with Crippen LogP contribution in [-0.4, -0.2) is 83.7 Å². The molecular weight excluding hydrogens is 733 g/mol. The average Bonchev–Trinajstić information content (AvgIpc) is 3.71. The molecule has 52 heavy (non-hydrogen) atoms. The molecule has 2 atom stereocenters. The molecule has 0 spiro atoms. The minimum Gasteiger partial charge on any atom is -0.482 e. The van der Waals surface area contributed by atoms with E-state index < -0.39 is 42.4 Å². The van der Waals surface area contributed by atoms with E-state index in [-0.39, 0.29) is 60.1 Å². The van der Waals surface area contributed by atoms with Crippen LogP contribution in [0.25, 0.3) is 0 Å². The van der Waals surface area contributed by atoms with Gasteiger partial charge in [-0.05, 0) is 54.3 Å². The fourth-order valence-corrected chi connectivity index (χ4v) is 6.59. The number of imide groups is 1. The van der Waals surface area contributed by atoms with Crippen LogP contribution in [0.15, 0.2) is 84.9 Å². The molecule has 0 fully saturated rings. The summed E-state index contributed by atoms with van der Waals surface area (Å²) in [6, 6.07) is 23.2. The Morgan fingerprint density at radius 3 is 2.25 bits per heavy atom. The number of rotatable bonds is 15. The van der Waals surface area contributed by atoms with Gasteiger partial charge in [-0.25, -0.2) is 0 Å². The van der Waals surface area contributed by atoms with Gasteiger partial charge in [0.15, 0.2) is 18.1 Å². The lowest BCUT2D eigenvalue weighted by molar-refractivity contribution is -0.133. The van der Waals surface area contributed by atoms with Crippen LogP contribution in [0.4, 0.5) is 0 Å². The summed E-state index contributed by atoms with van der Waals surface area (Å²) in [5, 5.41) is 15.1. The molecule has 270 valence electrons. The minimum atomic E-state index is -1.24. The fraction of sp³-hybridized carbons (Fsp3) is 0.263. The van der Waals surface area contributed by atoms with Crippen molar-refractivity contribution in [1.29, 1.82) is 0 Å². The van der Waals surface area contributed by atoms with Crippen LogP contribution in [0.3, 0.4) is 0 Å². The van der Waals surface area contributed by atoms with Crippen LogP contribution in [0.5, 0.6) is 17.2 Å². The number of hydrogen-bond donors (Lipinski definition) is 2. The summed E-state index contributed by atoms with van der Waals surface area (Å²) >= 11 is 18.3. The van der Waals surface area contributed by atoms with E-state index in [0.717, 1.165) is 16.0 Å². The molecule has 0 aromatic heterocycles. The minimum absolute atomic E-state index is 0.118. The van der Waals surface area contributed by atoms with Gasteiger partial charge in [0.25, 0.3) is 17.7 Å². The molecule has 2 aliphatic heterocycles. The molecule has 4 amide bonds. The number of halogens is 3. The van der Waals surface area contributed by atoms with E-state index >= 15 is 0 Å². The molecule has 0 saturated carbocycles. The third-order valence-electron chi connectivity index (χ3n) is 8.74. The summed E-state index contributed by atoms with van der Waals surface area (Å²) in [5.74, 6) is -0.492. The van der Waals surface area contributed by atoms with Gasteiger partial charge in [0.2, 0.25) is 12.7 Å². The molecule has 0 unspecified atom stereocenters. The normalized spacial score (nSPS) is 14.2. The third kappa shape index (κ3) is 8.79. The van der Waals surface area contributed by atoms with Crippen molar-refractivity contribution in [2.75, 3.05) is 33.0 Å². The van der Waals surface area contributed by atoms with Crippen LogP contribution in [-0.2, 0) is 22.4 Å². The Balaban J connectivity index is 1.17. The van der Waals surface area contributed by atoms with Gasteiger partial charge in [0, 0.05) is 32.1 Å². The number of carbonyl (C=O) groups excluding carboxylic acids is 4. The maximum atomic E-state index is 13.9. The number of hydrogen-bond acceptors (Lipinski definition) is 8. The zero-order valence-corrected chi connectivity index (χ0v) is 30.0. The van der Waals surface area contributed by atoms with Gasteiger partial charge in [-0.15, -0.1) is 0 Å². The summed E-state index contributed by atoms with van der Waals surface area (Å²) in [4.78, 5) is 55.5. The summed E-state index contributed by atoms with van der Waals surface area (Å²) in [6.45, 7) is -0.442. The molecule has 4 aromatic carbocycles. The zero-order valence-electron chi connectivity index (χ0n) is 27.7. The van der Waals surface area contributed by atoms with Crippen molar-refractivity contribution in [1.82, 2.24) is 15.1 Å². The Bertz CT molecular complexity index is 1940. The SMILES string of the molecule is O=C(COc1cc(Cl)c(Cl)cc1Cl)N[C@@H](Cc1ccccc1)[C@@H](O)CN(CCc1ccc2c(c1)OCO2)C(=O)CCN1C(=O)c2ccccc2C1=O. The summed E-state index contributed by atoms with van der Waals surface area (Å²) in [5.41, 5.74) is 2.29. The van der Waals surface area contributed by atoms with Crippen molar-refractivity contribution in [3.05, 3.63) is 122 Å². The van der Waals surface area contributed by atoms with Crippen molar-refractivity contribution >= 4 is 58.4 Å². The topological polar surface area (TPSA) is 135 Å². The van der Waals surface area contributed by atoms with Gasteiger partial charge in [0.05, 0.1) is 38.3 Å². The molecular formula is C38H34Cl3N3O8. The van der Waals surface area contributed by atoms with Gasteiger partial charge >= 0.3 is 0 Å². The number of aliphatic hydroxyl groups excluding tert-OH is 1. The molecule has 0 bridgehead atoms. The van der Waals surface area contributed by atoms with E-state index in [1.54, 1.807) is 30.3 Å². The largest absolute Gasteiger partial charge is 0.482 e. The molecule has 14 heteroatoms. The number of amides is 4. The standard InChI is InChI=1S/C38H34Cl3N3O8/c39-27-18-29(41)33(19-28(27)40)50-21-35(46)42-30(16-23-6-2-1-3-7-23)31(45)20-43(14-12-24-10-11-32-34(17-24)52-22-51-32)36(47)13-15-44-37(48)25-8-4-5-9-26(25)38(44)49/h1-11,17-19,30-31,45H,12-16,20-22H2,(H,42,46)/t30-,31-/m0/s1. The second-order valence-electron chi connectivity index (χ2n) is 12.3. The lowest BCUT2D eigenvalue weighted by Gasteiger charge is -2.31. The average molecular weight is 767 g/mol. The van der Waals surface area contributed by atoms with Crippen LogP contribution in [0.2, 0.25) is 15.1 Å². The highest BCUT2D eigenvalue weighted by atomic mass is 35.5. The van der Waals surface area contributed by atoms with Crippen molar-refractivity contribution in [3.8, 4) is 17.2 Å². The van der Waals surface area contributed by atoms with Crippen molar-refractivity contribution in [2.45, 2.75) is 31.4 Å². The second-order valence-corrected chi connectivity index (χ2v) is 13.5. The lowest BCUT2D eigenvalue weighted by Crippen LogP contribution is -2.52. The monoisotopic (exact) mass is 765 g/mol. The summed E-state index contributed by atoms with van der Waals surface area (Å²) < 4.78 is 16.5. The maximum Gasteiger partial charge on any atom is 0.261 e. The van der Waals surface area contributed by atoms with E-state index in [1.807, 2.05) is 42.5 Å². The Hall–Kier alpha value is -4.81. The lowest BCUT2D eigenvalue weighted by atomic mass is 10.00. The Morgan fingerprint density at radius 2 is 1.52 bits per heavy atom. The van der Waals surface area contributed by atoms with Gasteiger partial charge in [-0.3, -0.25) is 24.1 Å². The number of nitrogens with zero attached hydrogens (tertiary/aromatic N) is 2. The van der Waals surface area contributed by atoms with Gasteiger partial charge in [-0.2, -0.15) is 0 Å². The van der Waals surface area contributed by atoms with E-state index in [0.29, 0.717) is 29.0 Å². The van der Waals surface area contributed by atoms with Gasteiger partial charge in [-0.1, -0.05) is 83.3 Å². The second kappa shape index (κ2) is 16.7. The van der Waals surface area contributed by atoms with Gasteiger partial charge < -0.3 is 29.5 Å². The van der Waals surface area contributed by atoms with Crippen LogP contribution >= 0.6 is 34.8 Å². The molecule has 11 nitrogen and oxygen atoms in total. The Morgan fingerprint density at radius 1 is 0.846 bits per heavy atom. The number of benzene rings is 4. The highest BCUT2D eigenvalue weighted by Crippen LogP contribution is 2.34. The molecule has 2 N–H and O–H groups in total. The number of ether oxygens (including phenoxy) is 3. The van der Waals surface area contributed by atoms with E-state index in [4.69, 9.17) is 49.0 Å². The molecule has 2 aliphatic rings. The number of carbonyl (C=O) groups is 4. The van der Waals surface area contributed by atoms with Gasteiger partial charge in [0.1, 0.15) is 5.75 Å². The molecule has 4 aromatic rings. The van der Waals surface area contributed by atoms with Crippen LogP contribution in [0.1, 0.15) is 38.3 Å². The molecule has 0 aliphatic carbocycles. The van der Waals surface area contributed by atoms with E-state index in [2.05, 4.69) is 5.32 Å².